The van der Waals surface area contributed by atoms with Crippen LogP contribution in [0.15, 0.2) is 24.3 Å². The van der Waals surface area contributed by atoms with Gasteiger partial charge in [-0.2, -0.15) is 5.26 Å². The van der Waals surface area contributed by atoms with Gasteiger partial charge in [-0.1, -0.05) is 12.1 Å². The average Bonchev–Trinajstić information content (AvgIpc) is 3.01. The molecule has 0 aliphatic carbocycles. The van der Waals surface area contributed by atoms with E-state index in [1.54, 1.807) is 4.90 Å². The predicted molar refractivity (Wildman–Crippen MR) is 92.3 cm³/mol. The van der Waals surface area contributed by atoms with E-state index < -0.39 is 0 Å². The molecule has 1 aromatic rings. The predicted octanol–water partition coefficient (Wildman–Crippen LogP) is 1.79. The van der Waals surface area contributed by atoms with E-state index in [1.807, 2.05) is 14.1 Å². The Balaban J connectivity index is 1.79. The van der Waals surface area contributed by atoms with Crippen molar-refractivity contribution in [2.24, 2.45) is 0 Å². The maximum Gasteiger partial charge on any atom is 0.237 e. The molecule has 1 aromatic carbocycles. The van der Waals surface area contributed by atoms with Crippen molar-refractivity contribution < 1.29 is 4.79 Å². The number of benzene rings is 1. The van der Waals surface area contributed by atoms with Crippen LogP contribution in [-0.2, 0) is 11.2 Å². The van der Waals surface area contributed by atoms with Gasteiger partial charge in [-0.25, -0.2) is 0 Å². The highest BCUT2D eigenvalue weighted by atomic mass is 16.2. The van der Waals surface area contributed by atoms with Crippen LogP contribution in [0.2, 0.25) is 0 Å². The first-order valence-corrected chi connectivity index (χ1v) is 8.20. The standard InChI is InChI=1S/C18H26N4O/c1-14(11-15-6-8-16(9-7-15)21(2)3)20-13-18(23)22-10-4-5-17(22)12-19/h6-9,14,17,20H,4-5,10-11,13H2,1-3H3/t14-,17-/m0/s1. The van der Waals surface area contributed by atoms with Gasteiger partial charge in [0.05, 0.1) is 12.6 Å². The van der Waals surface area contributed by atoms with Gasteiger partial charge in [-0.15, -0.1) is 0 Å². The van der Waals surface area contributed by atoms with Crippen molar-refractivity contribution in [3.63, 3.8) is 0 Å². The van der Waals surface area contributed by atoms with Crippen molar-refractivity contribution in [1.82, 2.24) is 10.2 Å². The van der Waals surface area contributed by atoms with Crippen LogP contribution >= 0.6 is 0 Å². The maximum atomic E-state index is 12.2. The molecule has 5 nitrogen and oxygen atoms in total. The van der Waals surface area contributed by atoms with Gasteiger partial charge in [-0.3, -0.25) is 4.79 Å². The second-order valence-corrected chi connectivity index (χ2v) is 6.42. The number of carbonyl (C=O) groups excluding carboxylic acids is 1. The quantitative estimate of drug-likeness (QED) is 0.869. The van der Waals surface area contributed by atoms with E-state index in [4.69, 9.17) is 5.26 Å². The van der Waals surface area contributed by atoms with Gasteiger partial charge >= 0.3 is 0 Å². The summed E-state index contributed by atoms with van der Waals surface area (Å²) in [4.78, 5) is 16.0. The molecule has 5 heteroatoms. The van der Waals surface area contributed by atoms with Crippen LogP contribution in [-0.4, -0.2) is 50.1 Å². The highest BCUT2D eigenvalue weighted by Gasteiger charge is 2.28. The summed E-state index contributed by atoms with van der Waals surface area (Å²) in [5, 5.41) is 12.3. The second-order valence-electron chi connectivity index (χ2n) is 6.42. The summed E-state index contributed by atoms with van der Waals surface area (Å²) in [6.07, 6.45) is 2.61. The van der Waals surface area contributed by atoms with Gasteiger partial charge < -0.3 is 15.1 Å². The fourth-order valence-electron chi connectivity index (χ4n) is 2.92. The van der Waals surface area contributed by atoms with E-state index in [9.17, 15) is 4.79 Å². The Morgan fingerprint density at radius 3 is 2.74 bits per heavy atom. The number of rotatable bonds is 6. The van der Waals surface area contributed by atoms with Gasteiger partial charge in [0.15, 0.2) is 0 Å². The minimum Gasteiger partial charge on any atom is -0.378 e. The lowest BCUT2D eigenvalue weighted by Crippen LogP contribution is -2.43. The molecule has 0 unspecified atom stereocenters. The number of nitrogens with zero attached hydrogens (tertiary/aromatic N) is 3. The van der Waals surface area contributed by atoms with Gasteiger partial charge in [0.25, 0.3) is 0 Å². The van der Waals surface area contributed by atoms with Crippen LogP contribution in [0.25, 0.3) is 0 Å². The van der Waals surface area contributed by atoms with Crippen molar-refractivity contribution >= 4 is 11.6 Å². The number of hydrogen-bond acceptors (Lipinski definition) is 4. The molecule has 0 bridgehead atoms. The monoisotopic (exact) mass is 314 g/mol. The molecule has 1 aliphatic rings. The summed E-state index contributed by atoms with van der Waals surface area (Å²) in [5.41, 5.74) is 2.43. The molecule has 1 N–H and O–H groups in total. The molecule has 1 fully saturated rings. The van der Waals surface area contributed by atoms with E-state index in [-0.39, 0.29) is 18.0 Å². The van der Waals surface area contributed by atoms with E-state index in [1.165, 1.54) is 11.3 Å². The third kappa shape index (κ3) is 4.70. The lowest BCUT2D eigenvalue weighted by Gasteiger charge is -2.21. The molecular weight excluding hydrogens is 288 g/mol. The molecule has 1 heterocycles. The molecule has 23 heavy (non-hydrogen) atoms. The summed E-state index contributed by atoms with van der Waals surface area (Å²) >= 11 is 0. The zero-order valence-electron chi connectivity index (χ0n) is 14.2. The van der Waals surface area contributed by atoms with E-state index in [2.05, 4.69) is 47.5 Å². The van der Waals surface area contributed by atoms with Crippen LogP contribution in [0.1, 0.15) is 25.3 Å². The first-order valence-electron chi connectivity index (χ1n) is 8.20. The molecule has 2 rings (SSSR count). The fraction of sp³-hybridized carbons (Fsp3) is 0.556. The minimum absolute atomic E-state index is 0.0313. The number of amides is 1. The zero-order valence-corrected chi connectivity index (χ0v) is 14.2. The fourth-order valence-corrected chi connectivity index (χ4v) is 2.92. The van der Waals surface area contributed by atoms with E-state index in [0.29, 0.717) is 13.1 Å². The summed E-state index contributed by atoms with van der Waals surface area (Å²) in [7, 11) is 4.05. The Labute approximate surface area is 138 Å². The summed E-state index contributed by atoms with van der Waals surface area (Å²) in [6, 6.07) is 10.7. The average molecular weight is 314 g/mol. The molecule has 0 radical (unpaired) electrons. The summed E-state index contributed by atoms with van der Waals surface area (Å²) < 4.78 is 0. The van der Waals surface area contributed by atoms with Crippen LogP contribution in [0.3, 0.4) is 0 Å². The Bertz CT molecular complexity index is 561. The number of nitriles is 1. The molecule has 1 amide bonds. The Hall–Kier alpha value is -2.06. The maximum absolute atomic E-state index is 12.2. The molecule has 1 aliphatic heterocycles. The third-order valence-corrected chi connectivity index (χ3v) is 4.32. The highest BCUT2D eigenvalue weighted by molar-refractivity contribution is 5.79. The molecular formula is C18H26N4O. The summed E-state index contributed by atoms with van der Waals surface area (Å²) in [6.45, 7) is 3.09. The summed E-state index contributed by atoms with van der Waals surface area (Å²) in [5.74, 6) is 0.0313. The van der Waals surface area contributed by atoms with Crippen molar-refractivity contribution in [2.45, 2.75) is 38.3 Å². The molecule has 2 atom stereocenters. The van der Waals surface area contributed by atoms with Crippen molar-refractivity contribution in [3.05, 3.63) is 29.8 Å². The number of nitrogens with one attached hydrogen (secondary N) is 1. The topological polar surface area (TPSA) is 59.4 Å². The van der Waals surface area contributed by atoms with Crippen LogP contribution in [0.5, 0.6) is 0 Å². The Morgan fingerprint density at radius 2 is 2.13 bits per heavy atom. The van der Waals surface area contributed by atoms with Crippen LogP contribution < -0.4 is 10.2 Å². The lowest BCUT2D eigenvalue weighted by atomic mass is 10.1. The molecule has 1 saturated heterocycles. The minimum atomic E-state index is -0.238. The van der Waals surface area contributed by atoms with Crippen LogP contribution in [0.4, 0.5) is 5.69 Å². The molecule has 0 spiro atoms. The third-order valence-electron chi connectivity index (χ3n) is 4.32. The van der Waals surface area contributed by atoms with E-state index >= 15 is 0 Å². The van der Waals surface area contributed by atoms with Crippen molar-refractivity contribution in [2.75, 3.05) is 32.1 Å². The lowest BCUT2D eigenvalue weighted by molar-refractivity contribution is -0.130. The number of anilines is 1. The number of likely N-dealkylation sites (tertiary alicyclic amines) is 1. The zero-order chi connectivity index (χ0) is 16.8. The SMILES string of the molecule is C[C@@H](Cc1ccc(N(C)C)cc1)NCC(=O)N1CCC[C@H]1C#N. The van der Waals surface area contributed by atoms with Gasteiger partial charge in [0.2, 0.25) is 5.91 Å². The smallest absolute Gasteiger partial charge is 0.237 e. The van der Waals surface area contributed by atoms with Crippen molar-refractivity contribution in [1.29, 1.82) is 5.26 Å². The highest BCUT2D eigenvalue weighted by Crippen LogP contribution is 2.16. The van der Waals surface area contributed by atoms with E-state index in [0.717, 1.165) is 19.3 Å². The first-order chi connectivity index (χ1) is 11.0. The van der Waals surface area contributed by atoms with Gasteiger partial charge in [0.1, 0.15) is 6.04 Å². The van der Waals surface area contributed by atoms with Gasteiger partial charge in [0, 0.05) is 32.4 Å². The first kappa shape index (κ1) is 17.3. The normalized spacial score (nSPS) is 18.5. The molecule has 0 saturated carbocycles. The molecule has 0 aromatic heterocycles. The van der Waals surface area contributed by atoms with Gasteiger partial charge in [-0.05, 0) is 43.9 Å². The molecule has 124 valence electrons. The Morgan fingerprint density at radius 1 is 1.43 bits per heavy atom. The largest absolute Gasteiger partial charge is 0.378 e. The number of hydrogen-bond donors (Lipinski definition) is 1. The Kier molecular flexibility index (Phi) is 6.00. The number of carbonyl (C=O) groups is 1. The van der Waals surface area contributed by atoms with Crippen molar-refractivity contribution in [3.8, 4) is 6.07 Å². The van der Waals surface area contributed by atoms with Crippen LogP contribution in [0, 0.1) is 11.3 Å². The second kappa shape index (κ2) is 7.98.